The van der Waals surface area contributed by atoms with Gasteiger partial charge in [0.2, 0.25) is 0 Å². The van der Waals surface area contributed by atoms with Gasteiger partial charge in [-0.1, -0.05) is 56.9 Å². The molecule has 1 rings (SSSR count). The van der Waals surface area contributed by atoms with Crippen LogP contribution in [0.3, 0.4) is 0 Å². The third-order valence-electron chi connectivity index (χ3n) is 4.33. The minimum Gasteiger partial charge on any atom is -0.204 e. The zero-order valence-corrected chi connectivity index (χ0v) is 14.8. The molecule has 0 spiro atoms. The molecule has 25 heavy (non-hydrogen) atoms. The monoisotopic (exact) mass is 390 g/mol. The highest BCUT2D eigenvalue weighted by Gasteiger charge is 2.82. The summed E-state index contributed by atoms with van der Waals surface area (Å²) in [5.41, 5.74) is -5.28. The van der Waals surface area contributed by atoms with Crippen LogP contribution < -0.4 is 5.19 Å². The van der Waals surface area contributed by atoms with Gasteiger partial charge in [-0.25, -0.2) is 8.78 Å². The van der Waals surface area contributed by atoms with Crippen molar-refractivity contribution in [2.45, 2.75) is 49.8 Å². The third kappa shape index (κ3) is 3.00. The molecule has 0 nitrogen and oxygen atoms in total. The molecule has 0 saturated heterocycles. The topological polar surface area (TPSA) is 0 Å². The summed E-state index contributed by atoms with van der Waals surface area (Å²) in [6.07, 6.45) is -0.575. The molecular formula is C16H18F8Si. The van der Waals surface area contributed by atoms with Crippen LogP contribution in [-0.4, -0.2) is 31.4 Å². The van der Waals surface area contributed by atoms with Gasteiger partial charge in [0.15, 0.2) is 8.07 Å². The molecule has 0 atom stereocenters. The minimum atomic E-state index is -6.23. The lowest BCUT2D eigenvalue weighted by molar-refractivity contribution is -0.350. The molecule has 0 aliphatic carbocycles. The summed E-state index contributed by atoms with van der Waals surface area (Å²) >= 11 is 0. The average Bonchev–Trinajstić information content (AvgIpc) is 2.53. The SMILES string of the molecule is C=Cc1ccccc1[Si](C)(C)C(F)(F)C(F)(F)C(F)(F)C(F)(F)CC. The summed E-state index contributed by atoms with van der Waals surface area (Å²) in [5.74, 6) is -17.7. The molecule has 0 aliphatic rings. The Kier molecular flexibility index (Phi) is 5.55. The van der Waals surface area contributed by atoms with Crippen LogP contribution in [0, 0.1) is 0 Å². The van der Waals surface area contributed by atoms with Crippen LogP contribution >= 0.6 is 0 Å². The Balaban J connectivity index is 3.59. The van der Waals surface area contributed by atoms with Crippen LogP contribution in [0.4, 0.5) is 35.1 Å². The Morgan fingerprint density at radius 3 is 1.84 bits per heavy atom. The van der Waals surface area contributed by atoms with E-state index in [1.165, 1.54) is 18.2 Å². The normalized spacial score (nSPS) is 14.5. The van der Waals surface area contributed by atoms with Crippen LogP contribution in [0.2, 0.25) is 13.1 Å². The molecule has 142 valence electrons. The van der Waals surface area contributed by atoms with Crippen LogP contribution in [-0.2, 0) is 0 Å². The highest BCUT2D eigenvalue weighted by Crippen LogP contribution is 2.55. The van der Waals surface area contributed by atoms with Crippen molar-refractivity contribution >= 4 is 19.3 Å². The molecule has 0 heterocycles. The molecule has 0 fully saturated rings. The van der Waals surface area contributed by atoms with Crippen molar-refractivity contribution in [3.8, 4) is 0 Å². The van der Waals surface area contributed by atoms with Gasteiger partial charge < -0.3 is 0 Å². The molecule has 9 heteroatoms. The minimum absolute atomic E-state index is 0.0696. The number of rotatable bonds is 7. The van der Waals surface area contributed by atoms with E-state index in [1.807, 2.05) is 0 Å². The third-order valence-corrected chi connectivity index (χ3v) is 8.02. The standard InChI is InChI=1S/C16H18F8Si/c1-5-11-9-7-8-10-12(11)25(3,4)16(23,24)15(21,22)14(19,20)13(17,18)6-2/h5,7-10H,1,6H2,2-4H3. The lowest BCUT2D eigenvalue weighted by Crippen LogP contribution is -2.73. The molecule has 0 saturated carbocycles. The maximum atomic E-state index is 14.6. The molecule has 0 aliphatic heterocycles. The summed E-state index contributed by atoms with van der Waals surface area (Å²) in [6, 6.07) is 5.12. The van der Waals surface area contributed by atoms with Gasteiger partial charge in [0.1, 0.15) is 0 Å². The number of halogens is 8. The second-order valence-electron chi connectivity index (χ2n) is 6.20. The maximum absolute atomic E-state index is 14.6. The van der Waals surface area contributed by atoms with Gasteiger partial charge in [-0.3, -0.25) is 0 Å². The second-order valence-corrected chi connectivity index (χ2v) is 10.6. The van der Waals surface area contributed by atoms with Crippen molar-refractivity contribution in [3.63, 3.8) is 0 Å². The van der Waals surface area contributed by atoms with E-state index in [1.54, 1.807) is 0 Å². The lowest BCUT2D eigenvalue weighted by atomic mass is 10.0. The van der Waals surface area contributed by atoms with Crippen molar-refractivity contribution < 1.29 is 35.1 Å². The van der Waals surface area contributed by atoms with Crippen molar-refractivity contribution in [1.82, 2.24) is 0 Å². The van der Waals surface area contributed by atoms with Gasteiger partial charge in [0.05, 0.1) is 0 Å². The molecule has 1 aromatic carbocycles. The predicted molar refractivity (Wildman–Crippen MR) is 83.7 cm³/mol. The van der Waals surface area contributed by atoms with Crippen LogP contribution in [0.1, 0.15) is 18.9 Å². The fourth-order valence-electron chi connectivity index (χ4n) is 2.45. The molecule has 0 radical (unpaired) electrons. The fraction of sp³-hybridized carbons (Fsp3) is 0.500. The summed E-state index contributed by atoms with van der Waals surface area (Å²) in [6.45, 7) is 5.38. The molecule has 0 N–H and O–H groups in total. The van der Waals surface area contributed by atoms with E-state index >= 15 is 0 Å². The van der Waals surface area contributed by atoms with Crippen LogP contribution in [0.25, 0.3) is 6.08 Å². The second kappa shape index (κ2) is 6.41. The Morgan fingerprint density at radius 1 is 0.920 bits per heavy atom. The first-order chi connectivity index (χ1) is 11.1. The number of hydrogen-bond donors (Lipinski definition) is 0. The molecule has 0 unspecified atom stereocenters. The Hall–Kier alpha value is -1.38. The van der Waals surface area contributed by atoms with Gasteiger partial charge in [-0.2, -0.15) is 26.3 Å². The molecule has 0 amide bonds. The Labute approximate surface area is 141 Å². The van der Waals surface area contributed by atoms with Crippen molar-refractivity contribution in [2.24, 2.45) is 0 Å². The van der Waals surface area contributed by atoms with Gasteiger partial charge in [-0.05, 0) is 10.8 Å². The smallest absolute Gasteiger partial charge is 0.204 e. The van der Waals surface area contributed by atoms with E-state index in [0.29, 0.717) is 6.92 Å². The number of hydrogen-bond acceptors (Lipinski definition) is 0. The van der Waals surface area contributed by atoms with Gasteiger partial charge in [-0.15, -0.1) is 0 Å². The first-order valence-corrected chi connectivity index (χ1v) is 10.3. The molecular weight excluding hydrogens is 372 g/mol. The fourth-order valence-corrected chi connectivity index (χ4v) is 5.15. The lowest BCUT2D eigenvalue weighted by Gasteiger charge is -2.43. The largest absolute Gasteiger partial charge is 0.377 e. The zero-order chi connectivity index (χ0) is 19.9. The first kappa shape index (κ1) is 21.7. The quantitative estimate of drug-likeness (QED) is 0.412. The van der Waals surface area contributed by atoms with E-state index in [0.717, 1.165) is 25.2 Å². The van der Waals surface area contributed by atoms with E-state index in [2.05, 4.69) is 6.58 Å². The molecule has 0 bridgehead atoms. The molecule has 0 aromatic heterocycles. The summed E-state index contributed by atoms with van der Waals surface area (Å²) in [4.78, 5) is 0. The van der Waals surface area contributed by atoms with Gasteiger partial charge in [0.25, 0.3) is 0 Å². The zero-order valence-electron chi connectivity index (χ0n) is 13.8. The highest BCUT2D eigenvalue weighted by molar-refractivity contribution is 6.92. The van der Waals surface area contributed by atoms with E-state index in [9.17, 15) is 35.1 Å². The summed E-state index contributed by atoms with van der Waals surface area (Å²) < 4.78 is 112. The predicted octanol–water partition coefficient (Wildman–Crippen LogP) is 5.74. The Bertz CT molecular complexity index is 637. The van der Waals surface area contributed by atoms with Crippen molar-refractivity contribution in [3.05, 3.63) is 36.4 Å². The number of alkyl halides is 8. The Morgan fingerprint density at radius 2 is 1.40 bits per heavy atom. The van der Waals surface area contributed by atoms with Gasteiger partial charge >= 0.3 is 23.3 Å². The highest BCUT2D eigenvalue weighted by atomic mass is 28.3. The van der Waals surface area contributed by atoms with E-state index in [-0.39, 0.29) is 10.8 Å². The summed E-state index contributed by atoms with van der Waals surface area (Å²) in [7, 11) is -4.68. The molecule has 1 aromatic rings. The van der Waals surface area contributed by atoms with E-state index < -0.39 is 37.8 Å². The van der Waals surface area contributed by atoms with E-state index in [4.69, 9.17) is 0 Å². The maximum Gasteiger partial charge on any atom is 0.377 e. The van der Waals surface area contributed by atoms with Crippen molar-refractivity contribution in [1.29, 1.82) is 0 Å². The first-order valence-electron chi connectivity index (χ1n) is 7.35. The van der Waals surface area contributed by atoms with Crippen LogP contribution in [0.15, 0.2) is 30.8 Å². The van der Waals surface area contributed by atoms with Crippen LogP contribution in [0.5, 0.6) is 0 Å². The summed E-state index contributed by atoms with van der Waals surface area (Å²) in [5, 5.41) is -0.273. The van der Waals surface area contributed by atoms with Crippen molar-refractivity contribution in [2.75, 3.05) is 0 Å². The average molecular weight is 390 g/mol. The number of benzene rings is 1. The van der Waals surface area contributed by atoms with Gasteiger partial charge in [0, 0.05) is 6.42 Å².